The van der Waals surface area contributed by atoms with Crippen molar-refractivity contribution in [1.82, 2.24) is 0 Å². The second-order valence-electron chi connectivity index (χ2n) is 7.55. The Morgan fingerprint density at radius 2 is 1.34 bits per heavy atom. The SMILES string of the molecule is CCOP(=O)(CC[C@H]1OC(O)[C@@H](OCc2ccccc2)[C@@H]1OCc1ccccc1)OCC. The number of benzene rings is 2. The van der Waals surface area contributed by atoms with Crippen LogP contribution in [-0.2, 0) is 41.0 Å². The lowest BCUT2D eigenvalue weighted by molar-refractivity contribution is -0.149. The average molecular weight is 464 g/mol. The molecule has 1 aliphatic rings. The van der Waals surface area contributed by atoms with E-state index in [1.807, 2.05) is 60.7 Å². The third-order valence-electron chi connectivity index (χ3n) is 5.20. The second-order valence-corrected chi connectivity index (χ2v) is 9.73. The summed E-state index contributed by atoms with van der Waals surface area (Å²) in [6, 6.07) is 19.5. The first-order valence-electron chi connectivity index (χ1n) is 11.1. The van der Waals surface area contributed by atoms with Crippen LogP contribution in [0.1, 0.15) is 31.4 Å². The van der Waals surface area contributed by atoms with Crippen molar-refractivity contribution >= 4 is 7.60 Å². The zero-order valence-electron chi connectivity index (χ0n) is 18.7. The molecule has 3 rings (SSSR count). The van der Waals surface area contributed by atoms with Crippen LogP contribution in [0, 0.1) is 0 Å². The van der Waals surface area contributed by atoms with Crippen LogP contribution in [-0.4, -0.2) is 49.1 Å². The molecule has 1 heterocycles. The summed E-state index contributed by atoms with van der Waals surface area (Å²) >= 11 is 0. The first kappa shape index (κ1) is 25.1. The highest BCUT2D eigenvalue weighted by atomic mass is 31.2. The molecule has 0 amide bonds. The van der Waals surface area contributed by atoms with Gasteiger partial charge in [0.05, 0.1) is 38.7 Å². The average Bonchev–Trinajstić information content (AvgIpc) is 3.11. The van der Waals surface area contributed by atoms with Gasteiger partial charge < -0.3 is 28.4 Å². The maximum absolute atomic E-state index is 12.9. The molecule has 0 saturated carbocycles. The summed E-state index contributed by atoms with van der Waals surface area (Å²) in [4.78, 5) is 0. The standard InChI is InChI=1S/C24H33O7P/c1-3-29-32(26,30-4-2)16-15-21-22(27-17-19-11-7-5-8-12-19)23(24(25)31-21)28-18-20-13-9-6-10-14-20/h5-14,21-25H,3-4,15-18H2,1-2H3/t21-,22-,23+,24?/m1/s1. The van der Waals surface area contributed by atoms with E-state index in [9.17, 15) is 9.67 Å². The normalized spacial score (nSPS) is 23.5. The molecule has 0 bridgehead atoms. The third kappa shape index (κ3) is 7.22. The Morgan fingerprint density at radius 1 is 0.844 bits per heavy atom. The maximum atomic E-state index is 12.9. The fourth-order valence-corrected chi connectivity index (χ4v) is 5.39. The van der Waals surface area contributed by atoms with Crippen LogP contribution in [0.4, 0.5) is 0 Å². The summed E-state index contributed by atoms with van der Waals surface area (Å²) in [5, 5.41) is 10.6. The van der Waals surface area contributed by atoms with Gasteiger partial charge in [0.25, 0.3) is 0 Å². The van der Waals surface area contributed by atoms with Crippen LogP contribution >= 0.6 is 7.60 Å². The van der Waals surface area contributed by atoms with Crippen LogP contribution in [0.5, 0.6) is 0 Å². The van der Waals surface area contributed by atoms with Crippen LogP contribution in [0.3, 0.4) is 0 Å². The molecule has 0 spiro atoms. The minimum absolute atomic E-state index is 0.169. The number of ether oxygens (including phenoxy) is 3. The zero-order valence-corrected chi connectivity index (χ0v) is 19.6. The van der Waals surface area contributed by atoms with Crippen molar-refractivity contribution in [2.24, 2.45) is 0 Å². The van der Waals surface area contributed by atoms with Crippen LogP contribution in [0.25, 0.3) is 0 Å². The second kappa shape index (κ2) is 12.6. The molecule has 4 atom stereocenters. The van der Waals surface area contributed by atoms with Gasteiger partial charge in [-0.1, -0.05) is 60.7 Å². The van der Waals surface area contributed by atoms with Crippen LogP contribution in [0.2, 0.25) is 0 Å². The molecule has 1 fully saturated rings. The molecule has 2 aromatic rings. The number of aliphatic hydroxyl groups excluding tert-OH is 1. The summed E-state index contributed by atoms with van der Waals surface area (Å²) < 4.78 is 41.7. The molecule has 1 saturated heterocycles. The Balaban J connectivity index is 1.69. The molecule has 1 unspecified atom stereocenters. The Kier molecular flexibility index (Phi) is 9.88. The van der Waals surface area contributed by atoms with Crippen LogP contribution < -0.4 is 0 Å². The minimum Gasteiger partial charge on any atom is -0.368 e. The molecule has 0 aromatic heterocycles. The van der Waals surface area contributed by atoms with E-state index in [1.54, 1.807) is 13.8 Å². The quantitative estimate of drug-likeness (QED) is 0.436. The number of rotatable bonds is 13. The zero-order chi connectivity index (χ0) is 22.8. The fourth-order valence-electron chi connectivity index (χ4n) is 3.70. The van der Waals surface area contributed by atoms with Crippen molar-refractivity contribution in [1.29, 1.82) is 0 Å². The predicted octanol–water partition coefficient (Wildman–Crippen LogP) is 4.53. The van der Waals surface area contributed by atoms with Crippen molar-refractivity contribution < 1.29 is 32.9 Å². The van der Waals surface area contributed by atoms with E-state index in [1.165, 1.54) is 0 Å². The van der Waals surface area contributed by atoms with E-state index in [-0.39, 0.29) is 6.16 Å². The van der Waals surface area contributed by atoms with E-state index in [0.29, 0.717) is 32.8 Å². The van der Waals surface area contributed by atoms with Gasteiger partial charge in [-0.05, 0) is 31.4 Å². The van der Waals surface area contributed by atoms with Gasteiger partial charge in [0, 0.05) is 0 Å². The minimum atomic E-state index is -3.24. The van der Waals surface area contributed by atoms with Gasteiger partial charge in [0.1, 0.15) is 12.2 Å². The smallest absolute Gasteiger partial charge is 0.330 e. The molecule has 1 aliphatic heterocycles. The van der Waals surface area contributed by atoms with E-state index in [4.69, 9.17) is 23.3 Å². The predicted molar refractivity (Wildman–Crippen MR) is 121 cm³/mol. The highest BCUT2D eigenvalue weighted by Gasteiger charge is 2.46. The van der Waals surface area contributed by atoms with Crippen molar-refractivity contribution in [3.63, 3.8) is 0 Å². The Morgan fingerprint density at radius 3 is 1.84 bits per heavy atom. The largest absolute Gasteiger partial charge is 0.368 e. The molecule has 1 N–H and O–H groups in total. The summed E-state index contributed by atoms with van der Waals surface area (Å²) in [6.07, 6.45) is -2.36. The molecule has 176 valence electrons. The molecule has 32 heavy (non-hydrogen) atoms. The number of hydrogen-bond donors (Lipinski definition) is 1. The summed E-state index contributed by atoms with van der Waals surface area (Å²) in [5.74, 6) is 0. The van der Waals surface area contributed by atoms with E-state index < -0.39 is 32.2 Å². The third-order valence-corrected chi connectivity index (χ3v) is 7.30. The summed E-state index contributed by atoms with van der Waals surface area (Å²) in [6.45, 7) is 4.81. The fraction of sp³-hybridized carbons (Fsp3) is 0.500. The number of aliphatic hydroxyl groups is 1. The molecular formula is C24H33O7P. The van der Waals surface area contributed by atoms with Crippen molar-refractivity contribution in [3.05, 3.63) is 71.8 Å². The van der Waals surface area contributed by atoms with Gasteiger partial charge in [0.15, 0.2) is 6.29 Å². The summed E-state index contributed by atoms with van der Waals surface area (Å²) in [5.41, 5.74) is 1.99. The van der Waals surface area contributed by atoms with Gasteiger partial charge in [-0.3, -0.25) is 4.57 Å². The van der Waals surface area contributed by atoms with Crippen LogP contribution in [0.15, 0.2) is 60.7 Å². The topological polar surface area (TPSA) is 83.5 Å². The molecule has 0 radical (unpaired) electrons. The molecular weight excluding hydrogens is 431 g/mol. The lowest BCUT2D eigenvalue weighted by Gasteiger charge is -2.25. The molecule has 8 heteroatoms. The first-order chi connectivity index (χ1) is 15.5. The lowest BCUT2D eigenvalue weighted by Crippen LogP contribution is -2.37. The number of hydrogen-bond acceptors (Lipinski definition) is 7. The van der Waals surface area contributed by atoms with Crippen molar-refractivity contribution in [2.45, 2.75) is 58.1 Å². The van der Waals surface area contributed by atoms with E-state index >= 15 is 0 Å². The van der Waals surface area contributed by atoms with Gasteiger partial charge in [-0.15, -0.1) is 0 Å². The van der Waals surface area contributed by atoms with Crippen molar-refractivity contribution in [2.75, 3.05) is 19.4 Å². The van der Waals surface area contributed by atoms with Gasteiger partial charge in [-0.2, -0.15) is 0 Å². The molecule has 0 aliphatic carbocycles. The van der Waals surface area contributed by atoms with Gasteiger partial charge in [0.2, 0.25) is 0 Å². The molecule has 2 aromatic carbocycles. The summed E-state index contributed by atoms with van der Waals surface area (Å²) in [7, 11) is -3.24. The van der Waals surface area contributed by atoms with E-state index in [0.717, 1.165) is 11.1 Å². The lowest BCUT2D eigenvalue weighted by atomic mass is 10.1. The highest BCUT2D eigenvalue weighted by molar-refractivity contribution is 7.53. The highest BCUT2D eigenvalue weighted by Crippen LogP contribution is 2.49. The van der Waals surface area contributed by atoms with Crippen molar-refractivity contribution in [3.8, 4) is 0 Å². The first-order valence-corrected chi connectivity index (χ1v) is 12.8. The van der Waals surface area contributed by atoms with Gasteiger partial charge in [-0.25, -0.2) is 0 Å². The molecule has 7 nitrogen and oxygen atoms in total. The van der Waals surface area contributed by atoms with E-state index in [2.05, 4.69) is 0 Å². The van der Waals surface area contributed by atoms with Gasteiger partial charge >= 0.3 is 7.60 Å². The Bertz CT molecular complexity index is 823. The Hall–Kier alpha value is -1.57. The monoisotopic (exact) mass is 464 g/mol. The maximum Gasteiger partial charge on any atom is 0.330 e. The Labute approximate surface area is 190 Å².